The first-order valence-electron chi connectivity index (χ1n) is 6.99. The van der Waals surface area contributed by atoms with Crippen molar-refractivity contribution in [1.82, 2.24) is 4.90 Å². The Morgan fingerprint density at radius 3 is 2.40 bits per heavy atom. The van der Waals surface area contributed by atoms with E-state index in [-0.39, 0.29) is 24.1 Å². The van der Waals surface area contributed by atoms with Crippen molar-refractivity contribution in [3.63, 3.8) is 0 Å². The molecule has 0 radical (unpaired) electrons. The number of hydrogen-bond donors (Lipinski definition) is 2. The highest BCUT2D eigenvalue weighted by molar-refractivity contribution is 5.33. The van der Waals surface area contributed by atoms with Gasteiger partial charge in [0.25, 0.3) is 0 Å². The average Bonchev–Trinajstić information content (AvgIpc) is 2.39. The Morgan fingerprint density at radius 1 is 1.30 bits per heavy atom. The lowest BCUT2D eigenvalue weighted by molar-refractivity contribution is 0.0838. The molecule has 0 aliphatic heterocycles. The van der Waals surface area contributed by atoms with Gasteiger partial charge < -0.3 is 15.6 Å². The largest absolute Gasteiger partial charge is 0.496 e. The van der Waals surface area contributed by atoms with Crippen LogP contribution < -0.4 is 10.5 Å². The van der Waals surface area contributed by atoms with E-state index >= 15 is 0 Å². The van der Waals surface area contributed by atoms with Gasteiger partial charge in [0.15, 0.2) is 0 Å². The number of para-hydroxylation sites is 1. The van der Waals surface area contributed by atoms with Crippen LogP contribution in [-0.2, 0) is 6.54 Å². The van der Waals surface area contributed by atoms with Gasteiger partial charge in [-0.05, 0) is 18.5 Å². The molecular weight excluding hydrogens is 252 g/mol. The highest BCUT2D eigenvalue weighted by Gasteiger charge is 2.31. The third-order valence-electron chi connectivity index (χ3n) is 3.78. The minimum Gasteiger partial charge on any atom is -0.496 e. The molecule has 4 heteroatoms. The topological polar surface area (TPSA) is 58.7 Å². The quantitative estimate of drug-likeness (QED) is 0.835. The molecule has 0 bridgehead atoms. The van der Waals surface area contributed by atoms with Gasteiger partial charge in [0.1, 0.15) is 5.75 Å². The predicted octanol–water partition coefficient (Wildman–Crippen LogP) is 1.86. The SMILES string of the molecule is COc1ccccc1CN(C)C(CO)C(N)C(C)(C)C. The van der Waals surface area contributed by atoms with Crippen molar-refractivity contribution in [2.45, 2.75) is 39.4 Å². The maximum atomic E-state index is 9.68. The number of hydrogen-bond acceptors (Lipinski definition) is 4. The summed E-state index contributed by atoms with van der Waals surface area (Å²) in [6.45, 7) is 7.02. The summed E-state index contributed by atoms with van der Waals surface area (Å²) < 4.78 is 5.37. The lowest BCUT2D eigenvalue weighted by Crippen LogP contribution is -2.54. The van der Waals surface area contributed by atoms with Gasteiger partial charge in [-0.25, -0.2) is 0 Å². The van der Waals surface area contributed by atoms with Crippen LogP contribution in [-0.4, -0.2) is 42.9 Å². The molecule has 0 heterocycles. The van der Waals surface area contributed by atoms with Crippen LogP contribution in [0, 0.1) is 5.41 Å². The molecule has 0 saturated heterocycles. The maximum absolute atomic E-state index is 9.68. The van der Waals surface area contributed by atoms with Crippen molar-refractivity contribution < 1.29 is 9.84 Å². The molecule has 114 valence electrons. The van der Waals surface area contributed by atoms with Crippen molar-refractivity contribution in [2.24, 2.45) is 11.1 Å². The molecule has 3 N–H and O–H groups in total. The average molecular weight is 280 g/mol. The summed E-state index contributed by atoms with van der Waals surface area (Å²) in [5.74, 6) is 0.861. The molecule has 0 spiro atoms. The van der Waals surface area contributed by atoms with Crippen molar-refractivity contribution in [1.29, 1.82) is 0 Å². The molecule has 4 nitrogen and oxygen atoms in total. The molecule has 1 aromatic rings. The fraction of sp³-hybridized carbons (Fsp3) is 0.625. The van der Waals surface area contributed by atoms with Gasteiger partial charge >= 0.3 is 0 Å². The molecule has 0 aliphatic carbocycles. The number of nitrogens with zero attached hydrogens (tertiary/aromatic N) is 1. The molecule has 1 rings (SSSR count). The summed E-state index contributed by atoms with van der Waals surface area (Å²) in [7, 11) is 3.65. The highest BCUT2D eigenvalue weighted by atomic mass is 16.5. The van der Waals surface area contributed by atoms with Crippen LogP contribution in [0.3, 0.4) is 0 Å². The van der Waals surface area contributed by atoms with Crippen LogP contribution in [0.5, 0.6) is 5.75 Å². The van der Waals surface area contributed by atoms with E-state index in [0.29, 0.717) is 6.54 Å². The number of ether oxygens (including phenoxy) is 1. The second-order valence-electron chi connectivity index (χ2n) is 6.37. The zero-order valence-electron chi connectivity index (χ0n) is 13.3. The van der Waals surface area contributed by atoms with Crippen LogP contribution in [0.1, 0.15) is 26.3 Å². The van der Waals surface area contributed by atoms with Crippen LogP contribution >= 0.6 is 0 Å². The molecule has 0 amide bonds. The first kappa shape index (κ1) is 17.0. The first-order valence-corrected chi connectivity index (χ1v) is 6.99. The molecule has 0 saturated carbocycles. The van der Waals surface area contributed by atoms with E-state index in [0.717, 1.165) is 11.3 Å². The highest BCUT2D eigenvalue weighted by Crippen LogP contribution is 2.25. The Labute approximate surface area is 122 Å². The first-order chi connectivity index (χ1) is 9.31. The van der Waals surface area contributed by atoms with E-state index in [9.17, 15) is 5.11 Å². The van der Waals surface area contributed by atoms with Gasteiger partial charge in [-0.1, -0.05) is 39.0 Å². The molecule has 1 aromatic carbocycles. The van der Waals surface area contributed by atoms with E-state index in [1.54, 1.807) is 7.11 Å². The summed E-state index contributed by atoms with van der Waals surface area (Å²) in [4.78, 5) is 2.09. The molecule has 0 aliphatic rings. The summed E-state index contributed by atoms with van der Waals surface area (Å²) in [5.41, 5.74) is 7.34. The van der Waals surface area contributed by atoms with Gasteiger partial charge in [-0.2, -0.15) is 0 Å². The van der Waals surface area contributed by atoms with Crippen LogP contribution in [0.4, 0.5) is 0 Å². The Morgan fingerprint density at radius 2 is 1.90 bits per heavy atom. The van der Waals surface area contributed by atoms with Gasteiger partial charge in [0.2, 0.25) is 0 Å². The molecule has 0 fully saturated rings. The minimum absolute atomic E-state index is 0.0457. The Kier molecular flexibility index (Phi) is 5.99. The monoisotopic (exact) mass is 280 g/mol. The number of benzene rings is 1. The van der Waals surface area contributed by atoms with Crippen molar-refractivity contribution in [3.05, 3.63) is 29.8 Å². The lowest BCUT2D eigenvalue weighted by atomic mass is 9.82. The molecular formula is C16H28N2O2. The van der Waals surface area contributed by atoms with Crippen molar-refractivity contribution in [2.75, 3.05) is 20.8 Å². The zero-order chi connectivity index (χ0) is 15.3. The summed E-state index contributed by atoms with van der Waals surface area (Å²) in [5, 5.41) is 9.68. The smallest absolute Gasteiger partial charge is 0.123 e. The van der Waals surface area contributed by atoms with Gasteiger partial charge in [-0.15, -0.1) is 0 Å². The number of nitrogens with two attached hydrogens (primary N) is 1. The molecule has 20 heavy (non-hydrogen) atoms. The van der Waals surface area contributed by atoms with E-state index < -0.39 is 0 Å². The Hall–Kier alpha value is -1.10. The second-order valence-corrected chi connectivity index (χ2v) is 6.37. The third kappa shape index (κ3) is 4.20. The minimum atomic E-state index is -0.104. The van der Waals surface area contributed by atoms with Crippen LogP contribution in [0.25, 0.3) is 0 Å². The fourth-order valence-electron chi connectivity index (χ4n) is 2.32. The van der Waals surface area contributed by atoms with E-state index in [1.807, 2.05) is 31.3 Å². The standard InChI is InChI=1S/C16H28N2O2/c1-16(2,3)15(17)13(11-19)18(4)10-12-8-6-7-9-14(12)20-5/h6-9,13,15,19H,10-11,17H2,1-5H3. The van der Waals surface area contributed by atoms with Gasteiger partial charge in [-0.3, -0.25) is 4.90 Å². The maximum Gasteiger partial charge on any atom is 0.123 e. The number of methoxy groups -OCH3 is 1. The summed E-state index contributed by atoms with van der Waals surface area (Å²) >= 11 is 0. The Bertz CT molecular complexity index is 415. The third-order valence-corrected chi connectivity index (χ3v) is 3.78. The van der Waals surface area contributed by atoms with E-state index in [2.05, 4.69) is 25.7 Å². The van der Waals surface area contributed by atoms with Gasteiger partial charge in [0, 0.05) is 24.2 Å². The number of rotatable bonds is 6. The van der Waals surface area contributed by atoms with Crippen molar-refractivity contribution in [3.8, 4) is 5.75 Å². The zero-order valence-corrected chi connectivity index (χ0v) is 13.3. The molecule has 0 aromatic heterocycles. The van der Waals surface area contributed by atoms with Crippen LogP contribution in [0.2, 0.25) is 0 Å². The van der Waals surface area contributed by atoms with E-state index in [1.165, 1.54) is 0 Å². The van der Waals surface area contributed by atoms with Gasteiger partial charge in [0.05, 0.1) is 13.7 Å². The second kappa shape index (κ2) is 7.07. The van der Waals surface area contributed by atoms with E-state index in [4.69, 9.17) is 10.5 Å². The predicted molar refractivity (Wildman–Crippen MR) is 82.8 cm³/mol. The summed E-state index contributed by atoms with van der Waals surface area (Å²) in [6, 6.07) is 7.73. The fourth-order valence-corrected chi connectivity index (χ4v) is 2.32. The number of likely N-dealkylation sites (N-methyl/N-ethyl adjacent to an activating group) is 1. The van der Waals surface area contributed by atoms with Crippen LogP contribution in [0.15, 0.2) is 24.3 Å². The molecule has 2 atom stereocenters. The number of aliphatic hydroxyl groups is 1. The summed E-state index contributed by atoms with van der Waals surface area (Å²) in [6.07, 6.45) is 0. The lowest BCUT2D eigenvalue weighted by Gasteiger charge is -2.38. The molecule has 2 unspecified atom stereocenters. The Balaban J connectivity index is 2.85. The number of aliphatic hydroxyl groups excluding tert-OH is 1. The normalized spacial score (nSPS) is 15.2. The van der Waals surface area contributed by atoms with Crippen molar-refractivity contribution >= 4 is 0 Å².